The van der Waals surface area contributed by atoms with Crippen LogP contribution in [-0.4, -0.2) is 30.0 Å². The fourth-order valence-corrected chi connectivity index (χ4v) is 3.51. The molecule has 14 heavy (non-hydrogen) atoms. The molecule has 0 spiro atoms. The predicted octanol–water partition coefficient (Wildman–Crippen LogP) is 3.02. The van der Waals surface area contributed by atoms with Gasteiger partial charge in [0.1, 0.15) is 0 Å². The number of allylic oxidation sites excluding steroid dienone is 1. The third-order valence-electron chi connectivity index (χ3n) is 1.54. The molecule has 0 aromatic carbocycles. The molecule has 0 aliphatic rings. The second kappa shape index (κ2) is 6.77. The van der Waals surface area contributed by atoms with Gasteiger partial charge in [-0.2, -0.15) is 0 Å². The topological polar surface area (TPSA) is 26.3 Å². The van der Waals surface area contributed by atoms with Crippen LogP contribution in [0.15, 0.2) is 12.7 Å². The summed E-state index contributed by atoms with van der Waals surface area (Å²) >= 11 is 1.95. The molecule has 0 bridgehead atoms. The van der Waals surface area contributed by atoms with Crippen molar-refractivity contribution in [2.75, 3.05) is 0 Å². The molecule has 0 fully saturated rings. The fourth-order valence-electron chi connectivity index (χ4n) is 0.987. The zero-order valence-electron chi connectivity index (χ0n) is 9.25. The quantitative estimate of drug-likeness (QED) is 0.462. The molecular weight excluding hydrogens is 303 g/mol. The molecule has 82 valence electrons. The second-order valence-corrected chi connectivity index (χ2v) is 17.7. The van der Waals surface area contributed by atoms with E-state index in [1.807, 2.05) is 6.08 Å². The monoisotopic (exact) mass is 324 g/mol. The Bertz CT molecular complexity index is 199. The van der Waals surface area contributed by atoms with Gasteiger partial charge in [-0.05, 0) is 0 Å². The van der Waals surface area contributed by atoms with Crippen LogP contribution < -0.4 is 0 Å². The van der Waals surface area contributed by atoms with Gasteiger partial charge in [0, 0.05) is 0 Å². The van der Waals surface area contributed by atoms with Crippen LogP contribution in [0.2, 0.25) is 14.8 Å². The molecule has 1 unspecified atom stereocenters. The zero-order chi connectivity index (χ0) is 11.2. The van der Waals surface area contributed by atoms with Crippen LogP contribution in [0.25, 0.3) is 0 Å². The van der Waals surface area contributed by atoms with E-state index < -0.39 is 18.8 Å². The predicted molar refractivity (Wildman–Crippen MR) is 66.3 cm³/mol. The summed E-state index contributed by atoms with van der Waals surface area (Å²) in [4.78, 5) is 17.6. The Balaban J connectivity index is 3.69. The van der Waals surface area contributed by atoms with Gasteiger partial charge in [-0.1, -0.05) is 0 Å². The Hall–Kier alpha value is 0.359. The van der Waals surface area contributed by atoms with Gasteiger partial charge in [-0.15, -0.1) is 0 Å². The Morgan fingerprint density at radius 2 is 2.14 bits per heavy atom. The normalized spacial score (nSPS) is 13.4. The van der Waals surface area contributed by atoms with E-state index in [2.05, 4.69) is 34.0 Å². The molecule has 0 rings (SSSR count). The van der Waals surface area contributed by atoms with Crippen molar-refractivity contribution in [1.29, 1.82) is 0 Å². The number of carbonyl (C=O) groups excluding carboxylic acids is 1. The van der Waals surface area contributed by atoms with Crippen LogP contribution in [0.1, 0.15) is 19.3 Å². The summed E-state index contributed by atoms with van der Waals surface area (Å²) in [5.41, 5.74) is 0. The molecular formula is C10H20O2SSn. The van der Waals surface area contributed by atoms with Crippen LogP contribution in [-0.2, 0) is 7.87 Å². The van der Waals surface area contributed by atoms with Crippen molar-refractivity contribution in [3.8, 4) is 0 Å². The Morgan fingerprint density at radius 3 is 2.57 bits per heavy atom. The molecule has 0 aliphatic carbocycles. The first kappa shape index (κ1) is 14.4. The molecule has 0 aromatic rings. The van der Waals surface area contributed by atoms with Crippen molar-refractivity contribution in [2.24, 2.45) is 0 Å². The Labute approximate surface area is 96.9 Å². The number of thiol groups is 1. The number of hydrogen-bond acceptors (Lipinski definition) is 3. The van der Waals surface area contributed by atoms with Crippen molar-refractivity contribution in [3.05, 3.63) is 12.7 Å². The Kier molecular flexibility index (Phi) is 6.94. The van der Waals surface area contributed by atoms with Gasteiger partial charge in [0.25, 0.3) is 0 Å². The molecule has 0 saturated heterocycles. The van der Waals surface area contributed by atoms with E-state index in [0.717, 1.165) is 12.8 Å². The summed E-state index contributed by atoms with van der Waals surface area (Å²) in [6, 6.07) is 0. The van der Waals surface area contributed by atoms with E-state index in [-0.39, 0.29) is 11.2 Å². The average molecular weight is 323 g/mol. The molecule has 1 atom stereocenters. The first-order chi connectivity index (χ1) is 6.35. The van der Waals surface area contributed by atoms with Gasteiger partial charge < -0.3 is 0 Å². The fraction of sp³-hybridized carbons (Fsp3) is 0.700. The maximum absolute atomic E-state index is 11.3. The summed E-state index contributed by atoms with van der Waals surface area (Å²) in [5.74, 6) is -0.0589. The van der Waals surface area contributed by atoms with Crippen molar-refractivity contribution >= 4 is 37.4 Å². The van der Waals surface area contributed by atoms with E-state index in [4.69, 9.17) is 3.07 Å². The van der Waals surface area contributed by atoms with E-state index in [9.17, 15) is 4.79 Å². The van der Waals surface area contributed by atoms with Crippen LogP contribution in [0.3, 0.4) is 0 Å². The SMILES string of the molecule is C=CCC(S)CCC(=O)[O][Sn]([CH3])([CH3])[CH3]. The summed E-state index contributed by atoms with van der Waals surface area (Å²) in [6.45, 7) is 3.63. The average Bonchev–Trinajstić information content (AvgIpc) is 1.98. The van der Waals surface area contributed by atoms with E-state index in [1.165, 1.54) is 0 Å². The van der Waals surface area contributed by atoms with Crippen molar-refractivity contribution < 1.29 is 7.87 Å². The molecule has 0 N–H and O–H groups in total. The van der Waals surface area contributed by atoms with Crippen LogP contribution >= 0.6 is 12.6 Å². The van der Waals surface area contributed by atoms with Gasteiger partial charge in [0.05, 0.1) is 0 Å². The summed E-state index contributed by atoms with van der Waals surface area (Å²) in [5, 5.41) is 0.232. The molecule has 2 nitrogen and oxygen atoms in total. The van der Waals surface area contributed by atoms with E-state index in [1.54, 1.807) is 0 Å². The second-order valence-electron chi connectivity index (χ2n) is 4.30. The van der Waals surface area contributed by atoms with E-state index >= 15 is 0 Å². The minimum absolute atomic E-state index is 0.0589. The van der Waals surface area contributed by atoms with Crippen LogP contribution in [0, 0.1) is 0 Å². The molecule has 0 radical (unpaired) electrons. The number of carbonyl (C=O) groups is 1. The molecule has 0 aromatic heterocycles. The summed E-state index contributed by atoms with van der Waals surface area (Å²) < 4.78 is 5.38. The van der Waals surface area contributed by atoms with E-state index in [0.29, 0.717) is 6.42 Å². The van der Waals surface area contributed by atoms with Gasteiger partial charge in [-0.25, -0.2) is 0 Å². The first-order valence-corrected chi connectivity index (χ1v) is 15.1. The third-order valence-corrected chi connectivity index (χ3v) is 4.41. The molecule has 0 aliphatic heterocycles. The molecule has 0 saturated carbocycles. The standard InChI is InChI=1S/C7H12O2S.3CH3.Sn/c1-2-3-6(10)4-5-7(8)9;;;;/h2,6,10H,1,3-5H2,(H,8,9);3*1H3;/q;;;;+1/p-1. The summed E-state index contributed by atoms with van der Waals surface area (Å²) in [7, 11) is 0. The Morgan fingerprint density at radius 1 is 1.57 bits per heavy atom. The van der Waals surface area contributed by atoms with Crippen molar-refractivity contribution in [1.82, 2.24) is 0 Å². The van der Waals surface area contributed by atoms with Gasteiger partial charge in [0.2, 0.25) is 0 Å². The van der Waals surface area contributed by atoms with Gasteiger partial charge in [0.15, 0.2) is 0 Å². The van der Waals surface area contributed by atoms with Crippen molar-refractivity contribution in [2.45, 2.75) is 39.3 Å². The maximum atomic E-state index is 11.3. The molecule has 4 heteroatoms. The van der Waals surface area contributed by atoms with Crippen LogP contribution in [0.4, 0.5) is 0 Å². The van der Waals surface area contributed by atoms with Crippen LogP contribution in [0.5, 0.6) is 0 Å². The first-order valence-electron chi connectivity index (χ1n) is 4.86. The molecule has 0 heterocycles. The number of rotatable bonds is 6. The minimum atomic E-state index is -2.38. The van der Waals surface area contributed by atoms with Crippen molar-refractivity contribution in [3.63, 3.8) is 0 Å². The summed E-state index contributed by atoms with van der Waals surface area (Å²) in [6.07, 6.45) is 3.92. The number of hydrogen-bond donors (Lipinski definition) is 1. The van der Waals surface area contributed by atoms with Gasteiger partial charge in [-0.3, -0.25) is 0 Å². The molecule has 0 amide bonds. The third kappa shape index (κ3) is 8.94. The van der Waals surface area contributed by atoms with Gasteiger partial charge >= 0.3 is 97.2 Å². The zero-order valence-corrected chi connectivity index (χ0v) is 13.0.